The number of benzene rings is 7. The van der Waals surface area contributed by atoms with E-state index in [0.717, 1.165) is 73.0 Å². The van der Waals surface area contributed by atoms with E-state index < -0.39 is 46.7 Å². The largest absolute Gasteiger partial charge is 0.478 e. The molecule has 584 valence electrons. The van der Waals surface area contributed by atoms with E-state index in [4.69, 9.17) is 16.7 Å². The van der Waals surface area contributed by atoms with Gasteiger partial charge in [-0.05, 0) is 102 Å². The predicted octanol–water partition coefficient (Wildman–Crippen LogP) is 12.4. The van der Waals surface area contributed by atoms with Crippen LogP contribution in [0.3, 0.4) is 0 Å². The number of carbonyl (C=O) groups is 10. The molecular formula is C78H71ClN10O23Se. The predicted molar refractivity (Wildman–Crippen MR) is 417 cm³/mol. The molecular weight excluding hydrogens is 1560 g/mol. The van der Waals surface area contributed by atoms with E-state index in [0.29, 0.717) is 72.1 Å². The molecule has 35 heteroatoms. The molecule has 4 heterocycles. The third kappa shape index (κ3) is 33.1. The monoisotopic (exact) mass is 1630 g/mol. The second kappa shape index (κ2) is 47.6. The van der Waals surface area contributed by atoms with Gasteiger partial charge in [0, 0.05) is 117 Å². The fourth-order valence-corrected chi connectivity index (χ4v) is 12.4. The first-order valence-electron chi connectivity index (χ1n) is 34.0. The first-order valence-corrected chi connectivity index (χ1v) is 36.2. The van der Waals surface area contributed by atoms with Gasteiger partial charge in [-0.3, -0.25) is 93.9 Å². The smallest absolute Gasteiger partial charge is 0.328 e. The van der Waals surface area contributed by atoms with E-state index >= 15 is 0 Å². The minimum Gasteiger partial charge on any atom is -0.478 e. The van der Waals surface area contributed by atoms with Crippen LogP contribution in [0.15, 0.2) is 218 Å². The van der Waals surface area contributed by atoms with Crippen LogP contribution in [-0.4, -0.2) is 149 Å². The summed E-state index contributed by atoms with van der Waals surface area (Å²) in [7, 11) is 0. The van der Waals surface area contributed by atoms with Gasteiger partial charge in [0.15, 0.2) is 0 Å². The number of rotatable bonds is 19. The van der Waals surface area contributed by atoms with Crippen molar-refractivity contribution < 1.29 is 82.6 Å². The zero-order valence-electron chi connectivity index (χ0n) is 59.8. The minimum absolute atomic E-state index is 0.0128. The van der Waals surface area contributed by atoms with Crippen LogP contribution in [0.4, 0.5) is 34.1 Å². The molecule has 0 saturated carbocycles. The number of allylic oxidation sites excluding steroid dienone is 1. The number of non-ortho nitro benzene ring substituents is 6. The van der Waals surface area contributed by atoms with E-state index in [2.05, 4.69) is 5.32 Å². The van der Waals surface area contributed by atoms with Gasteiger partial charge in [0.05, 0.1) is 24.6 Å². The third-order valence-corrected chi connectivity index (χ3v) is 18.2. The Bertz CT molecular complexity index is 4770. The molecule has 4 aliphatic rings. The molecule has 113 heavy (non-hydrogen) atoms. The Balaban J connectivity index is 0.000000243. The average molecular weight is 1630 g/mol. The molecule has 3 fully saturated rings. The van der Waals surface area contributed by atoms with Crippen molar-refractivity contribution in [3.8, 4) is 0 Å². The Morgan fingerprint density at radius 3 is 1.19 bits per heavy atom. The molecule has 11 rings (SSSR count). The Hall–Kier alpha value is -14.1. The number of aliphatic carboxylic acids is 1. The van der Waals surface area contributed by atoms with Crippen LogP contribution in [0.1, 0.15) is 96.0 Å². The Kier molecular flexibility index (Phi) is 37.7. The molecule has 7 aromatic rings. The molecule has 0 spiro atoms. The van der Waals surface area contributed by atoms with Gasteiger partial charge in [0.1, 0.15) is 6.29 Å². The van der Waals surface area contributed by atoms with Gasteiger partial charge in [-0.15, -0.1) is 0 Å². The van der Waals surface area contributed by atoms with Crippen molar-refractivity contribution in [1.82, 2.24) is 20.0 Å². The number of halogens is 1. The SMILES string of the molecule is O=C(/C=C/c1cccc([N+](=O)[O-])c1)N1CCCC([Se]c2ccccc2)C1=O.O=C(/C=C/c1cccc([N+](=O)[O-])c1)N1CCCCC1=O.O=C(Cl)/C=C/c1cccc([N+](=O)[O-])c1.O=C(O)/C=C/c1cccc([N+](=O)[O-])c1.O=C1C=CCCN1C(=O)/C=C/c1cccc([N+](=O)[O-])c1.O=C1CCCCN1.O=Cc1cccc([N+](=O)[O-])c1. The second-order valence-corrected chi connectivity index (χ2v) is 26.6. The van der Waals surface area contributed by atoms with Gasteiger partial charge >= 0.3 is 169 Å². The number of aldehydes is 1. The summed E-state index contributed by atoms with van der Waals surface area (Å²) in [5.74, 6) is -2.68. The number of hydrogen-bond donors (Lipinski definition) is 2. The molecule has 1 unspecified atom stereocenters. The van der Waals surface area contributed by atoms with Gasteiger partial charge in [-0.1, -0.05) is 66.7 Å². The molecule has 0 radical (unpaired) electrons. The summed E-state index contributed by atoms with van der Waals surface area (Å²) >= 11 is 5.06. The second-order valence-electron chi connectivity index (χ2n) is 23.6. The van der Waals surface area contributed by atoms with E-state index in [1.54, 1.807) is 48.5 Å². The van der Waals surface area contributed by atoms with Gasteiger partial charge in [-0.25, -0.2) is 4.79 Å². The number of carboxylic acids is 1. The van der Waals surface area contributed by atoms with Crippen LogP contribution in [-0.2, 0) is 43.2 Å². The molecule has 7 aromatic carbocycles. The summed E-state index contributed by atoms with van der Waals surface area (Å²) in [5.41, 5.74) is 2.75. The third-order valence-electron chi connectivity index (χ3n) is 15.4. The first kappa shape index (κ1) is 89.5. The average Bonchev–Trinajstić information content (AvgIpc) is 0.832. The number of nitro benzene ring substituents is 6. The number of imide groups is 3. The van der Waals surface area contributed by atoms with Crippen LogP contribution in [0.2, 0.25) is 4.82 Å². The zero-order valence-corrected chi connectivity index (χ0v) is 62.2. The van der Waals surface area contributed by atoms with Gasteiger partial charge in [0.25, 0.3) is 46.2 Å². The fourth-order valence-electron chi connectivity index (χ4n) is 9.93. The van der Waals surface area contributed by atoms with Crippen LogP contribution < -0.4 is 9.78 Å². The summed E-state index contributed by atoms with van der Waals surface area (Å²) in [5, 5.41) is 73.5. The number of piperidine rings is 3. The minimum atomic E-state index is -1.09. The molecule has 33 nitrogen and oxygen atoms in total. The van der Waals surface area contributed by atoms with Gasteiger partial charge < -0.3 is 10.4 Å². The maximum Gasteiger partial charge on any atom is 0.328 e. The summed E-state index contributed by atoms with van der Waals surface area (Å²) in [6.07, 6.45) is 24.0. The zero-order chi connectivity index (χ0) is 82.8. The molecule has 4 aliphatic heterocycles. The van der Waals surface area contributed by atoms with E-state index in [-0.39, 0.29) is 89.3 Å². The number of carbonyl (C=O) groups excluding carboxylic acids is 9. The quantitative estimate of drug-likeness (QED) is 0.0190. The Morgan fingerprint density at radius 2 is 0.823 bits per heavy atom. The molecule has 0 bridgehead atoms. The van der Waals surface area contributed by atoms with Crippen molar-refractivity contribution in [3.05, 3.63) is 313 Å². The van der Waals surface area contributed by atoms with E-state index in [1.807, 2.05) is 30.3 Å². The molecule has 0 aromatic heterocycles. The van der Waals surface area contributed by atoms with E-state index in [1.165, 1.54) is 168 Å². The molecule has 3 saturated heterocycles. The molecule has 1 atom stereocenters. The number of nitro groups is 6. The standard InChI is InChI=1S/C20H18N2O4Se.C14H14N2O4.C14H12N2O4.C9H6ClNO3.C9H7NO4.C7H5NO3.C5H9NO/c23-19(12-11-15-6-4-7-16(14-15)22(25)26)21-13-5-10-18(20(21)24)27-17-8-2-1-3-9-17;2*17-13-6-1-2-9-15(13)14(18)8-7-11-4-3-5-12(10-11)16(19)20;10-9(12)5-4-7-2-1-3-8(6-7)11(13)14;11-9(12)5-4-7-2-1-3-8(6-7)10(13)14;9-5-6-2-1-3-7(4-6)8(10)11;7-5-3-1-2-4-6-5/h1-4,6-9,11-12,14,18H,5,10,13H2;3-5,7-8,10H,1-2,6,9H2;1,3-8,10H,2,9H2;1-6H;1-6H,(H,11,12);1-5H;1-4H2,(H,6,7)/b12-11+;2*8-7+;2*5-4+;;. The number of carboxylic acid groups (broad SMARTS) is 1. The summed E-state index contributed by atoms with van der Waals surface area (Å²) < 4.78 is 1.14. The van der Waals surface area contributed by atoms with Crippen molar-refractivity contribution in [2.75, 3.05) is 26.2 Å². The van der Waals surface area contributed by atoms with Crippen molar-refractivity contribution in [2.45, 2.75) is 62.6 Å². The number of hydrogen-bond acceptors (Lipinski definition) is 22. The van der Waals surface area contributed by atoms with Crippen LogP contribution in [0, 0.1) is 60.7 Å². The molecule has 0 aliphatic carbocycles. The number of nitrogens with zero attached hydrogens (tertiary/aromatic N) is 9. The summed E-state index contributed by atoms with van der Waals surface area (Å²) in [6, 6.07) is 45.0. The van der Waals surface area contributed by atoms with Crippen LogP contribution >= 0.6 is 11.6 Å². The van der Waals surface area contributed by atoms with Gasteiger partial charge in [0.2, 0.25) is 17.1 Å². The number of likely N-dealkylation sites (tertiary alicyclic amines) is 2. The van der Waals surface area contributed by atoms with Crippen molar-refractivity contribution >= 4 is 154 Å². The van der Waals surface area contributed by atoms with Crippen molar-refractivity contribution in [2.24, 2.45) is 0 Å². The number of amides is 7. The topological polar surface area (TPSA) is 472 Å². The number of nitrogens with one attached hydrogen (secondary N) is 1. The van der Waals surface area contributed by atoms with Crippen molar-refractivity contribution in [1.29, 1.82) is 0 Å². The first-order chi connectivity index (χ1) is 54.0. The maximum absolute atomic E-state index is 12.7. The maximum atomic E-state index is 12.7. The molecule has 2 N–H and O–H groups in total. The fraction of sp³-hybridized carbons (Fsp3) is 0.179. The van der Waals surface area contributed by atoms with Gasteiger partial charge in [-0.2, -0.15) is 0 Å². The summed E-state index contributed by atoms with van der Waals surface area (Å²) in [4.78, 5) is 177. The van der Waals surface area contributed by atoms with Crippen LogP contribution in [0.5, 0.6) is 0 Å². The Labute approximate surface area is 655 Å². The Morgan fingerprint density at radius 1 is 0.442 bits per heavy atom. The normalized spacial score (nSPS) is 14.3. The van der Waals surface area contributed by atoms with E-state index in [9.17, 15) is 109 Å². The van der Waals surface area contributed by atoms with Crippen molar-refractivity contribution in [3.63, 3.8) is 0 Å². The van der Waals surface area contributed by atoms with Crippen LogP contribution in [0.25, 0.3) is 30.4 Å². The summed E-state index contributed by atoms with van der Waals surface area (Å²) in [6.45, 7) is 2.10. The molecule has 7 amide bonds.